The van der Waals surface area contributed by atoms with Crippen LogP contribution in [-0.4, -0.2) is 65.8 Å². The number of carbonyl (C=O) groups excluding carboxylic acids is 1. The van der Waals surface area contributed by atoms with Crippen LogP contribution in [0.15, 0.2) is 17.1 Å². The van der Waals surface area contributed by atoms with E-state index in [1.54, 1.807) is 30.5 Å². The number of hydrogen-bond acceptors (Lipinski definition) is 6. The highest BCUT2D eigenvalue weighted by atomic mass is 16.5. The quantitative estimate of drug-likeness (QED) is 0.315. The number of nitrogens with zero attached hydrogens (tertiary/aromatic N) is 2. The van der Waals surface area contributed by atoms with Gasteiger partial charge in [0.1, 0.15) is 6.61 Å². The summed E-state index contributed by atoms with van der Waals surface area (Å²) in [5.41, 5.74) is 0.741. The van der Waals surface area contributed by atoms with Crippen LogP contribution in [0.5, 0.6) is 11.5 Å². The Hall–Kier alpha value is -2.28. The molecule has 0 atom stereocenters. The Morgan fingerprint density at radius 2 is 1.91 bits per heavy atom. The van der Waals surface area contributed by atoms with Gasteiger partial charge in [0.05, 0.1) is 38.4 Å². The van der Waals surface area contributed by atoms with E-state index in [0.29, 0.717) is 36.0 Å². The van der Waals surface area contributed by atoms with E-state index in [9.17, 15) is 4.79 Å². The Labute approximate surface area is 130 Å². The van der Waals surface area contributed by atoms with Gasteiger partial charge in [-0.1, -0.05) is 0 Å². The molecule has 0 radical (unpaired) electrons. The molecule has 1 aromatic rings. The maximum Gasteiger partial charge on any atom is 0.340 e. The molecule has 1 rings (SSSR count). The van der Waals surface area contributed by atoms with Gasteiger partial charge in [0.25, 0.3) is 0 Å². The number of carbonyl (C=O) groups is 1. The second-order valence-electron chi connectivity index (χ2n) is 4.56. The third-order valence-corrected chi connectivity index (χ3v) is 2.66. The molecule has 0 bridgehead atoms. The van der Waals surface area contributed by atoms with Gasteiger partial charge in [-0.15, -0.1) is 0 Å². The molecule has 0 aromatic heterocycles. The van der Waals surface area contributed by atoms with Crippen molar-refractivity contribution in [2.75, 3.05) is 48.6 Å². The minimum absolute atomic E-state index is 0.302. The van der Waals surface area contributed by atoms with Gasteiger partial charge in [0.2, 0.25) is 0 Å². The van der Waals surface area contributed by atoms with Crippen LogP contribution < -0.4 is 9.47 Å². The van der Waals surface area contributed by atoms with Crippen LogP contribution in [0.3, 0.4) is 0 Å². The van der Waals surface area contributed by atoms with Crippen molar-refractivity contribution in [3.05, 3.63) is 17.7 Å². The molecule has 7 nitrogen and oxygen atoms in total. The second-order valence-corrected chi connectivity index (χ2v) is 4.56. The van der Waals surface area contributed by atoms with E-state index >= 15 is 0 Å². The summed E-state index contributed by atoms with van der Waals surface area (Å²) in [4.78, 5) is 17.9. The van der Waals surface area contributed by atoms with Crippen LogP contribution in [0, 0.1) is 0 Å². The van der Waals surface area contributed by atoms with E-state index in [-0.39, 0.29) is 0 Å². The fourth-order valence-corrected chi connectivity index (χ4v) is 1.61. The zero-order chi connectivity index (χ0) is 16.5. The summed E-state index contributed by atoms with van der Waals surface area (Å²) in [5.74, 6) is 0.422. The Morgan fingerprint density at radius 1 is 1.18 bits per heavy atom. The first-order valence-electron chi connectivity index (χ1n) is 6.66. The minimum Gasteiger partial charge on any atom is -0.493 e. The van der Waals surface area contributed by atoms with Crippen molar-refractivity contribution in [1.29, 1.82) is 0 Å². The highest BCUT2D eigenvalue weighted by Gasteiger charge is 2.17. The van der Waals surface area contributed by atoms with Crippen molar-refractivity contribution in [2.45, 2.75) is 0 Å². The fourth-order valence-electron chi connectivity index (χ4n) is 1.61. The molecule has 0 saturated carbocycles. The lowest BCUT2D eigenvalue weighted by Gasteiger charge is -2.14. The molecule has 122 valence electrons. The van der Waals surface area contributed by atoms with E-state index in [4.69, 9.17) is 18.9 Å². The van der Waals surface area contributed by atoms with E-state index in [1.165, 1.54) is 14.2 Å². The Kier molecular flexibility index (Phi) is 7.18. The maximum absolute atomic E-state index is 11.9. The molecular weight excluding hydrogens is 288 g/mol. The first-order chi connectivity index (χ1) is 10.5. The van der Waals surface area contributed by atoms with Crippen molar-refractivity contribution in [1.82, 2.24) is 4.90 Å². The lowest BCUT2D eigenvalue weighted by Crippen LogP contribution is -2.09. The molecule has 0 amide bonds. The van der Waals surface area contributed by atoms with Gasteiger partial charge >= 0.3 is 5.97 Å². The first kappa shape index (κ1) is 17.8. The summed E-state index contributed by atoms with van der Waals surface area (Å²) < 4.78 is 20.6. The Bertz CT molecular complexity index is 529. The van der Waals surface area contributed by atoms with Crippen LogP contribution in [0.4, 0.5) is 5.69 Å². The van der Waals surface area contributed by atoms with Gasteiger partial charge in [-0.05, 0) is 0 Å². The number of benzene rings is 1. The van der Waals surface area contributed by atoms with Crippen molar-refractivity contribution in [3.8, 4) is 11.5 Å². The van der Waals surface area contributed by atoms with Gasteiger partial charge in [-0.2, -0.15) is 0 Å². The first-order valence-corrected chi connectivity index (χ1v) is 6.66. The molecule has 22 heavy (non-hydrogen) atoms. The molecule has 0 N–H and O–H groups in total. The standard InChI is InChI=1S/C15H22N2O5/c1-17(2)10-16-12-9-14(22-7-6-19-3)13(20-4)8-11(12)15(18)21-5/h8-10H,6-7H2,1-5H3/b16-10+. The molecule has 1 aromatic carbocycles. The summed E-state index contributed by atoms with van der Waals surface area (Å²) in [7, 11) is 8.08. The molecule has 0 unspecified atom stereocenters. The van der Waals surface area contributed by atoms with Crippen molar-refractivity contribution < 1.29 is 23.7 Å². The van der Waals surface area contributed by atoms with Gasteiger partial charge in [-0.3, -0.25) is 0 Å². The molecule has 0 saturated heterocycles. The molecule has 0 spiro atoms. The highest BCUT2D eigenvalue weighted by molar-refractivity contribution is 5.96. The summed E-state index contributed by atoms with van der Waals surface area (Å²) in [6, 6.07) is 3.19. The van der Waals surface area contributed by atoms with E-state index in [0.717, 1.165) is 0 Å². The summed E-state index contributed by atoms with van der Waals surface area (Å²) in [5, 5.41) is 0. The fraction of sp³-hybridized carbons (Fsp3) is 0.467. The van der Waals surface area contributed by atoms with Gasteiger partial charge < -0.3 is 23.8 Å². The Morgan fingerprint density at radius 3 is 2.45 bits per heavy atom. The number of aliphatic imine (C=N–C) groups is 1. The van der Waals surface area contributed by atoms with Crippen LogP contribution in [-0.2, 0) is 9.47 Å². The number of methoxy groups -OCH3 is 3. The largest absolute Gasteiger partial charge is 0.493 e. The molecule has 0 aliphatic heterocycles. The average molecular weight is 310 g/mol. The lowest BCUT2D eigenvalue weighted by molar-refractivity contribution is 0.0601. The normalized spacial score (nSPS) is 10.6. The number of ether oxygens (including phenoxy) is 4. The molecular formula is C15H22N2O5. The van der Waals surface area contributed by atoms with Crippen molar-refractivity contribution in [3.63, 3.8) is 0 Å². The van der Waals surface area contributed by atoms with Crippen LogP contribution in [0.2, 0.25) is 0 Å². The van der Waals surface area contributed by atoms with Crippen molar-refractivity contribution in [2.24, 2.45) is 4.99 Å². The van der Waals surface area contributed by atoms with Crippen LogP contribution >= 0.6 is 0 Å². The number of rotatable bonds is 8. The van der Waals surface area contributed by atoms with E-state index in [2.05, 4.69) is 4.99 Å². The molecule has 0 aliphatic rings. The molecule has 0 fully saturated rings. The Balaban J connectivity index is 3.23. The highest BCUT2D eigenvalue weighted by Crippen LogP contribution is 2.35. The predicted molar refractivity (Wildman–Crippen MR) is 83.5 cm³/mol. The smallest absolute Gasteiger partial charge is 0.340 e. The average Bonchev–Trinajstić information content (AvgIpc) is 2.52. The van der Waals surface area contributed by atoms with E-state index < -0.39 is 5.97 Å². The van der Waals surface area contributed by atoms with Gasteiger partial charge in [0, 0.05) is 33.3 Å². The topological polar surface area (TPSA) is 69.6 Å². The van der Waals surface area contributed by atoms with Crippen LogP contribution in [0.25, 0.3) is 0 Å². The number of esters is 1. The molecule has 7 heteroatoms. The zero-order valence-corrected chi connectivity index (χ0v) is 13.6. The van der Waals surface area contributed by atoms with E-state index in [1.807, 2.05) is 14.1 Å². The predicted octanol–water partition coefficient (Wildman–Crippen LogP) is 1.73. The van der Waals surface area contributed by atoms with Crippen molar-refractivity contribution >= 4 is 18.0 Å². The summed E-state index contributed by atoms with van der Waals surface area (Å²) >= 11 is 0. The lowest BCUT2D eigenvalue weighted by atomic mass is 10.1. The summed E-state index contributed by atoms with van der Waals surface area (Å²) in [6.45, 7) is 0.805. The SMILES string of the molecule is COCCOc1cc(/N=C/N(C)C)c(C(=O)OC)cc1OC. The maximum atomic E-state index is 11.9. The zero-order valence-electron chi connectivity index (χ0n) is 13.6. The molecule has 0 aliphatic carbocycles. The van der Waals surface area contributed by atoms with Gasteiger partial charge in [0.15, 0.2) is 11.5 Å². The third-order valence-electron chi connectivity index (χ3n) is 2.66. The summed E-state index contributed by atoms with van der Waals surface area (Å²) in [6.07, 6.45) is 1.59. The van der Waals surface area contributed by atoms with Gasteiger partial charge in [-0.25, -0.2) is 9.79 Å². The minimum atomic E-state index is -0.493. The van der Waals surface area contributed by atoms with Crippen LogP contribution in [0.1, 0.15) is 10.4 Å². The monoisotopic (exact) mass is 310 g/mol. The molecule has 0 heterocycles. The number of hydrogen-bond donors (Lipinski definition) is 0. The third kappa shape index (κ3) is 4.92. The second kappa shape index (κ2) is 8.89.